The second-order valence-electron chi connectivity index (χ2n) is 11.2. The molecule has 0 saturated heterocycles. The molecule has 0 bridgehead atoms. The van der Waals surface area contributed by atoms with Gasteiger partial charge in [-0.2, -0.15) is 0 Å². The van der Waals surface area contributed by atoms with Crippen LogP contribution >= 0.6 is 11.3 Å². The standard InChI is InChI=1S/C29H25NOS.C7H9NO3S/c31-30-18-19-4-3-6-22(16-19)28-14-15-29(32-28)23-10-11-25-21(17-23)9-13-26-24-7-2-1-5-20(24)8-12-27(25)26;8-7(9)5-6-3-1-2-4-12(6,10)11/h1-7,9,13-17,30-31H,8,10-12,18H2;1-4,6H,5H2,(H2,8,9). The van der Waals surface area contributed by atoms with Gasteiger partial charge in [0.1, 0.15) is 0 Å². The van der Waals surface area contributed by atoms with E-state index < -0.39 is 21.0 Å². The third-order valence-corrected chi connectivity index (χ3v) is 11.3. The maximum atomic E-state index is 11.2. The van der Waals surface area contributed by atoms with Gasteiger partial charge in [-0.3, -0.25) is 4.79 Å². The van der Waals surface area contributed by atoms with E-state index in [2.05, 4.69) is 78.3 Å². The summed E-state index contributed by atoms with van der Waals surface area (Å²) in [5, 5.41) is 9.31. The minimum Gasteiger partial charge on any atom is -0.370 e. The highest BCUT2D eigenvalue weighted by Gasteiger charge is 2.24. The van der Waals surface area contributed by atoms with Crippen molar-refractivity contribution >= 4 is 38.7 Å². The van der Waals surface area contributed by atoms with Crippen molar-refractivity contribution in [2.75, 3.05) is 0 Å². The number of sulfone groups is 1. The summed E-state index contributed by atoms with van der Waals surface area (Å²) >= 11 is 1.86. The summed E-state index contributed by atoms with van der Waals surface area (Å²) in [5.41, 5.74) is 19.7. The quantitative estimate of drug-likeness (QED) is 0.203. The highest BCUT2D eigenvalue weighted by atomic mass is 32.2. The van der Waals surface area contributed by atoms with Crippen LogP contribution in [0.15, 0.2) is 96.4 Å². The predicted octanol–water partition coefficient (Wildman–Crippen LogP) is 6.88. The van der Waals surface area contributed by atoms with E-state index >= 15 is 0 Å². The van der Waals surface area contributed by atoms with Crippen molar-refractivity contribution in [2.45, 2.75) is 43.9 Å². The molecule has 0 spiro atoms. The molecule has 1 aromatic heterocycles. The van der Waals surface area contributed by atoms with Crippen molar-refractivity contribution in [3.05, 3.63) is 129 Å². The zero-order chi connectivity index (χ0) is 30.7. The number of amides is 1. The Morgan fingerprint density at radius 2 is 1.70 bits per heavy atom. The average molecular weight is 623 g/mol. The first-order valence-corrected chi connectivity index (χ1v) is 17.1. The highest BCUT2D eigenvalue weighted by molar-refractivity contribution is 7.95. The smallest absolute Gasteiger partial charge is 0.219 e. The van der Waals surface area contributed by atoms with Crippen LogP contribution in [0, 0.1) is 0 Å². The number of allylic oxidation sites excluding steroid dienone is 3. The molecule has 8 heteroatoms. The van der Waals surface area contributed by atoms with Gasteiger partial charge in [-0.1, -0.05) is 78.9 Å². The van der Waals surface area contributed by atoms with E-state index in [1.54, 1.807) is 17.2 Å². The highest BCUT2D eigenvalue weighted by Crippen LogP contribution is 2.42. The summed E-state index contributed by atoms with van der Waals surface area (Å²) in [5.74, 6) is -0.608. The Bertz CT molecular complexity index is 1920. The first-order chi connectivity index (χ1) is 21.3. The number of hydroxylamine groups is 1. The molecule has 4 N–H and O–H groups in total. The summed E-state index contributed by atoms with van der Waals surface area (Å²) < 4.78 is 22.3. The van der Waals surface area contributed by atoms with Gasteiger partial charge in [0.25, 0.3) is 0 Å². The van der Waals surface area contributed by atoms with E-state index in [9.17, 15) is 13.2 Å². The lowest BCUT2D eigenvalue weighted by Crippen LogP contribution is -2.25. The third kappa shape index (κ3) is 6.39. The SMILES string of the molecule is NC(=O)CC1C=CC=CS1(=O)=O.ONCc1cccc(-c2ccc(C3=Cc4ccc5c(c4CC3)CCc3ccccc3-5)s2)c1. The van der Waals surface area contributed by atoms with Crippen molar-refractivity contribution in [3.63, 3.8) is 0 Å². The molecule has 6 nitrogen and oxygen atoms in total. The number of hydrogen-bond donors (Lipinski definition) is 3. The lowest BCUT2D eigenvalue weighted by Gasteiger charge is -2.26. The van der Waals surface area contributed by atoms with Crippen molar-refractivity contribution in [2.24, 2.45) is 5.73 Å². The van der Waals surface area contributed by atoms with Gasteiger partial charge in [0.05, 0.1) is 5.25 Å². The van der Waals surface area contributed by atoms with Crippen molar-refractivity contribution < 1.29 is 18.4 Å². The molecule has 1 aliphatic heterocycles. The van der Waals surface area contributed by atoms with Gasteiger partial charge in [-0.15, -0.1) is 11.3 Å². The van der Waals surface area contributed by atoms with Gasteiger partial charge in [0.15, 0.2) is 9.84 Å². The topological polar surface area (TPSA) is 109 Å². The van der Waals surface area contributed by atoms with E-state index in [-0.39, 0.29) is 6.42 Å². The van der Waals surface area contributed by atoms with Crippen LogP contribution in [0.3, 0.4) is 0 Å². The molecule has 1 unspecified atom stereocenters. The molecule has 0 radical (unpaired) electrons. The average Bonchev–Trinajstić information content (AvgIpc) is 3.53. The summed E-state index contributed by atoms with van der Waals surface area (Å²) in [6.07, 6.45) is 11.3. The maximum absolute atomic E-state index is 11.2. The van der Waals surface area contributed by atoms with E-state index in [1.165, 1.54) is 55.3 Å². The minimum absolute atomic E-state index is 0.150. The van der Waals surface area contributed by atoms with Crippen LogP contribution in [-0.4, -0.2) is 24.8 Å². The number of benzene rings is 3. The molecule has 0 fully saturated rings. The van der Waals surface area contributed by atoms with Crippen LogP contribution in [0.2, 0.25) is 0 Å². The molecule has 2 heterocycles. The summed E-state index contributed by atoms with van der Waals surface area (Å²) in [6.45, 7) is 0.461. The van der Waals surface area contributed by atoms with Crippen LogP contribution in [0.25, 0.3) is 33.2 Å². The van der Waals surface area contributed by atoms with E-state index in [0.717, 1.165) is 36.7 Å². The number of hydrogen-bond acceptors (Lipinski definition) is 6. The number of thiophene rings is 1. The monoisotopic (exact) mass is 622 g/mol. The molecular formula is C36H34N2O4S2. The third-order valence-electron chi connectivity index (χ3n) is 8.34. The molecule has 1 atom stereocenters. The Labute approximate surface area is 262 Å². The van der Waals surface area contributed by atoms with Crippen molar-refractivity contribution in [1.82, 2.24) is 5.48 Å². The molecule has 3 aliphatic rings. The Hall–Kier alpha value is -4.08. The van der Waals surface area contributed by atoms with Crippen LogP contribution in [0.4, 0.5) is 0 Å². The van der Waals surface area contributed by atoms with E-state index in [0.29, 0.717) is 6.54 Å². The maximum Gasteiger partial charge on any atom is 0.219 e. The number of aryl methyl sites for hydroxylation is 1. The second-order valence-corrected chi connectivity index (χ2v) is 14.3. The van der Waals surface area contributed by atoms with Crippen LogP contribution in [0.5, 0.6) is 0 Å². The lowest BCUT2D eigenvalue weighted by molar-refractivity contribution is -0.117. The number of rotatable bonds is 6. The van der Waals surface area contributed by atoms with E-state index in [4.69, 9.17) is 10.9 Å². The summed E-state index contributed by atoms with van der Waals surface area (Å²) in [6, 6.07) is 26.4. The first kappa shape index (κ1) is 30.0. The zero-order valence-corrected chi connectivity index (χ0v) is 25.8. The fourth-order valence-electron chi connectivity index (χ4n) is 6.18. The number of nitrogens with two attached hydrogens (primary N) is 1. The molecule has 1 amide bonds. The van der Waals surface area contributed by atoms with Crippen LogP contribution in [-0.2, 0) is 40.4 Å². The number of carbonyl (C=O) groups is 1. The van der Waals surface area contributed by atoms with Gasteiger partial charge in [0, 0.05) is 28.1 Å². The molecule has 7 rings (SSSR count). The molecule has 0 saturated carbocycles. The van der Waals surface area contributed by atoms with Gasteiger partial charge in [-0.05, 0) is 94.0 Å². The van der Waals surface area contributed by atoms with Crippen molar-refractivity contribution in [3.8, 4) is 21.6 Å². The Morgan fingerprint density at radius 1 is 0.886 bits per heavy atom. The second kappa shape index (κ2) is 12.9. The first-order valence-electron chi connectivity index (χ1n) is 14.7. The number of carbonyl (C=O) groups excluding carboxylic acids is 1. The Kier molecular flexibility index (Phi) is 8.77. The fraction of sp³-hybridized carbons (Fsp3) is 0.194. The zero-order valence-electron chi connectivity index (χ0n) is 24.2. The predicted molar refractivity (Wildman–Crippen MR) is 179 cm³/mol. The molecule has 2 aliphatic carbocycles. The van der Waals surface area contributed by atoms with Crippen LogP contribution < -0.4 is 11.2 Å². The molecule has 4 aromatic rings. The van der Waals surface area contributed by atoms with Gasteiger partial charge in [-0.25, -0.2) is 13.9 Å². The Morgan fingerprint density at radius 3 is 2.52 bits per heavy atom. The number of fused-ring (bicyclic) bond motifs is 5. The number of nitrogens with one attached hydrogen (secondary N) is 1. The Balaban J connectivity index is 0.000000242. The van der Waals surface area contributed by atoms with E-state index in [1.807, 2.05) is 17.4 Å². The minimum atomic E-state index is -3.29. The molecule has 3 aromatic carbocycles. The number of primary amides is 1. The van der Waals surface area contributed by atoms with Gasteiger partial charge < -0.3 is 10.9 Å². The van der Waals surface area contributed by atoms with Crippen LogP contribution in [0.1, 0.15) is 45.5 Å². The fourth-order valence-corrected chi connectivity index (χ4v) is 8.45. The van der Waals surface area contributed by atoms with Crippen molar-refractivity contribution in [1.29, 1.82) is 0 Å². The molecule has 44 heavy (non-hydrogen) atoms. The normalized spacial score (nSPS) is 17.4. The molecular weight excluding hydrogens is 589 g/mol. The lowest BCUT2D eigenvalue weighted by atomic mass is 9.78. The molecule has 224 valence electrons. The summed E-state index contributed by atoms with van der Waals surface area (Å²) in [4.78, 5) is 13.1. The van der Waals surface area contributed by atoms with Gasteiger partial charge >= 0.3 is 0 Å². The largest absolute Gasteiger partial charge is 0.370 e. The van der Waals surface area contributed by atoms with Gasteiger partial charge in [0.2, 0.25) is 5.91 Å². The summed E-state index contributed by atoms with van der Waals surface area (Å²) in [7, 11) is -3.29.